The zero-order valence-corrected chi connectivity index (χ0v) is 13.1. The third kappa shape index (κ3) is 3.75. The normalized spacial score (nSPS) is 16.7. The SMILES string of the molecule is CCOC(=O)C(=Cn1nnc2ccccc21)CN1CCOCC1. The number of morpholine rings is 1. The Morgan fingerprint density at radius 2 is 2.13 bits per heavy atom. The summed E-state index contributed by atoms with van der Waals surface area (Å²) in [5, 5.41) is 8.22. The standard InChI is InChI=1S/C16H20N4O3/c1-2-23-16(21)13(11-19-7-9-22-10-8-19)12-20-15-6-4-3-5-14(15)17-18-20/h3-6,12H,2,7-11H2,1H3. The van der Waals surface area contributed by atoms with Crippen LogP contribution in [0.3, 0.4) is 0 Å². The molecule has 0 bridgehead atoms. The van der Waals surface area contributed by atoms with E-state index in [2.05, 4.69) is 15.2 Å². The Balaban J connectivity index is 1.88. The Morgan fingerprint density at radius 3 is 2.91 bits per heavy atom. The smallest absolute Gasteiger partial charge is 0.336 e. The quantitative estimate of drug-likeness (QED) is 0.609. The number of hydrogen-bond acceptors (Lipinski definition) is 6. The van der Waals surface area contributed by atoms with Gasteiger partial charge in [-0.2, -0.15) is 0 Å². The molecule has 0 aliphatic carbocycles. The Kier molecular flexibility index (Phi) is 4.99. The summed E-state index contributed by atoms with van der Waals surface area (Å²) in [4.78, 5) is 14.4. The van der Waals surface area contributed by atoms with Crippen LogP contribution in [0.4, 0.5) is 0 Å². The number of aromatic nitrogens is 3. The zero-order chi connectivity index (χ0) is 16.1. The van der Waals surface area contributed by atoms with Crippen LogP contribution in [0.5, 0.6) is 0 Å². The summed E-state index contributed by atoms with van der Waals surface area (Å²) in [6.07, 6.45) is 1.71. The van der Waals surface area contributed by atoms with Gasteiger partial charge in [0, 0.05) is 25.8 Å². The highest BCUT2D eigenvalue weighted by atomic mass is 16.5. The van der Waals surface area contributed by atoms with Crippen molar-refractivity contribution in [2.75, 3.05) is 39.5 Å². The van der Waals surface area contributed by atoms with E-state index in [1.54, 1.807) is 17.8 Å². The number of esters is 1. The molecule has 7 heteroatoms. The van der Waals surface area contributed by atoms with Crippen LogP contribution in [-0.2, 0) is 14.3 Å². The predicted octanol–water partition coefficient (Wildman–Crippen LogP) is 1.17. The molecule has 0 radical (unpaired) electrons. The fraction of sp³-hybridized carbons (Fsp3) is 0.438. The molecule has 0 atom stereocenters. The number of ether oxygens (including phenoxy) is 2. The van der Waals surface area contributed by atoms with Crippen molar-refractivity contribution >= 4 is 23.2 Å². The largest absolute Gasteiger partial charge is 0.463 e. The number of carbonyl (C=O) groups is 1. The van der Waals surface area contributed by atoms with Gasteiger partial charge >= 0.3 is 5.97 Å². The Hall–Kier alpha value is -2.25. The van der Waals surface area contributed by atoms with Gasteiger partial charge in [0.15, 0.2) is 0 Å². The molecule has 0 unspecified atom stereocenters. The van der Waals surface area contributed by atoms with Crippen molar-refractivity contribution in [3.8, 4) is 0 Å². The van der Waals surface area contributed by atoms with E-state index in [4.69, 9.17) is 9.47 Å². The fourth-order valence-corrected chi connectivity index (χ4v) is 2.51. The molecular formula is C16H20N4O3. The monoisotopic (exact) mass is 316 g/mol. The second kappa shape index (κ2) is 7.34. The van der Waals surface area contributed by atoms with Gasteiger partial charge in [-0.05, 0) is 19.1 Å². The molecule has 23 heavy (non-hydrogen) atoms. The fourth-order valence-electron chi connectivity index (χ4n) is 2.51. The van der Waals surface area contributed by atoms with Gasteiger partial charge in [0.05, 0.1) is 30.9 Å². The molecule has 1 aliphatic heterocycles. The summed E-state index contributed by atoms with van der Waals surface area (Å²) in [5.74, 6) is -0.321. The lowest BCUT2D eigenvalue weighted by Crippen LogP contribution is -2.38. The highest BCUT2D eigenvalue weighted by Gasteiger charge is 2.18. The molecule has 1 saturated heterocycles. The van der Waals surface area contributed by atoms with Gasteiger partial charge in [-0.3, -0.25) is 4.90 Å². The number of nitrogens with zero attached hydrogens (tertiary/aromatic N) is 4. The molecule has 0 spiro atoms. The van der Waals surface area contributed by atoms with Gasteiger partial charge < -0.3 is 9.47 Å². The third-order valence-electron chi connectivity index (χ3n) is 3.69. The van der Waals surface area contributed by atoms with Crippen molar-refractivity contribution in [1.82, 2.24) is 19.9 Å². The summed E-state index contributed by atoms with van der Waals surface area (Å²) in [5.41, 5.74) is 2.21. The molecule has 2 heterocycles. The van der Waals surface area contributed by atoms with Gasteiger partial charge in [-0.15, -0.1) is 5.10 Å². The van der Waals surface area contributed by atoms with Gasteiger partial charge in [-0.1, -0.05) is 17.3 Å². The molecule has 7 nitrogen and oxygen atoms in total. The van der Waals surface area contributed by atoms with E-state index in [9.17, 15) is 4.79 Å². The first-order chi connectivity index (χ1) is 11.3. The molecule has 1 aliphatic rings. The number of para-hydroxylation sites is 1. The van der Waals surface area contributed by atoms with Crippen molar-refractivity contribution < 1.29 is 14.3 Å². The lowest BCUT2D eigenvalue weighted by molar-refractivity contribution is -0.138. The summed E-state index contributed by atoms with van der Waals surface area (Å²) in [7, 11) is 0. The number of hydrogen-bond donors (Lipinski definition) is 0. The van der Waals surface area contributed by atoms with Crippen LogP contribution >= 0.6 is 0 Å². The van der Waals surface area contributed by atoms with E-state index in [1.807, 2.05) is 24.3 Å². The van der Waals surface area contributed by atoms with E-state index in [1.165, 1.54) is 0 Å². The highest BCUT2D eigenvalue weighted by molar-refractivity contribution is 5.93. The minimum atomic E-state index is -0.321. The molecule has 3 rings (SSSR count). The van der Waals surface area contributed by atoms with Crippen LogP contribution in [-0.4, -0.2) is 65.3 Å². The van der Waals surface area contributed by atoms with Crippen LogP contribution < -0.4 is 0 Å². The van der Waals surface area contributed by atoms with Crippen molar-refractivity contribution in [2.24, 2.45) is 0 Å². The number of fused-ring (bicyclic) bond motifs is 1. The van der Waals surface area contributed by atoms with Crippen LogP contribution in [0.2, 0.25) is 0 Å². The number of rotatable bonds is 5. The molecule has 0 saturated carbocycles. The van der Waals surface area contributed by atoms with Crippen molar-refractivity contribution in [3.05, 3.63) is 29.8 Å². The Morgan fingerprint density at radius 1 is 1.35 bits per heavy atom. The highest BCUT2D eigenvalue weighted by Crippen LogP contribution is 2.13. The molecule has 1 aromatic carbocycles. The van der Waals surface area contributed by atoms with E-state index in [0.717, 1.165) is 24.1 Å². The zero-order valence-electron chi connectivity index (χ0n) is 13.1. The first-order valence-electron chi connectivity index (χ1n) is 7.76. The molecule has 122 valence electrons. The van der Waals surface area contributed by atoms with Gasteiger partial charge in [0.1, 0.15) is 5.52 Å². The maximum atomic E-state index is 12.3. The van der Waals surface area contributed by atoms with Crippen LogP contribution in [0.1, 0.15) is 6.92 Å². The first kappa shape index (κ1) is 15.6. The van der Waals surface area contributed by atoms with E-state index in [0.29, 0.717) is 31.9 Å². The van der Waals surface area contributed by atoms with Gasteiger partial charge in [0.2, 0.25) is 0 Å². The molecule has 1 fully saturated rings. The molecule has 1 aromatic heterocycles. The predicted molar refractivity (Wildman–Crippen MR) is 85.7 cm³/mol. The maximum Gasteiger partial charge on any atom is 0.336 e. The average Bonchev–Trinajstić information content (AvgIpc) is 2.99. The molecular weight excluding hydrogens is 296 g/mol. The van der Waals surface area contributed by atoms with Gasteiger partial charge in [0.25, 0.3) is 0 Å². The topological polar surface area (TPSA) is 69.5 Å². The minimum absolute atomic E-state index is 0.321. The second-order valence-electron chi connectivity index (χ2n) is 5.29. The summed E-state index contributed by atoms with van der Waals surface area (Å²) >= 11 is 0. The second-order valence-corrected chi connectivity index (χ2v) is 5.29. The average molecular weight is 316 g/mol. The Bertz CT molecular complexity index is 704. The third-order valence-corrected chi connectivity index (χ3v) is 3.69. The van der Waals surface area contributed by atoms with Gasteiger partial charge in [-0.25, -0.2) is 9.48 Å². The van der Waals surface area contributed by atoms with E-state index in [-0.39, 0.29) is 5.97 Å². The number of benzene rings is 1. The van der Waals surface area contributed by atoms with Crippen molar-refractivity contribution in [3.63, 3.8) is 0 Å². The summed E-state index contributed by atoms with van der Waals surface area (Å²) in [6, 6.07) is 7.63. The summed E-state index contributed by atoms with van der Waals surface area (Å²) in [6.45, 7) is 5.62. The van der Waals surface area contributed by atoms with E-state index < -0.39 is 0 Å². The summed E-state index contributed by atoms with van der Waals surface area (Å²) < 4.78 is 12.2. The first-order valence-corrected chi connectivity index (χ1v) is 7.76. The van der Waals surface area contributed by atoms with Crippen LogP contribution in [0.15, 0.2) is 29.8 Å². The maximum absolute atomic E-state index is 12.3. The number of carbonyl (C=O) groups excluding carboxylic acids is 1. The van der Waals surface area contributed by atoms with Crippen molar-refractivity contribution in [1.29, 1.82) is 0 Å². The molecule has 0 amide bonds. The van der Waals surface area contributed by atoms with Crippen LogP contribution in [0.25, 0.3) is 17.2 Å². The van der Waals surface area contributed by atoms with E-state index >= 15 is 0 Å². The van der Waals surface area contributed by atoms with Crippen molar-refractivity contribution in [2.45, 2.75) is 6.92 Å². The van der Waals surface area contributed by atoms with Crippen LogP contribution in [0, 0.1) is 0 Å². The lowest BCUT2D eigenvalue weighted by Gasteiger charge is -2.26. The Labute approximate surface area is 134 Å². The molecule has 2 aromatic rings. The lowest BCUT2D eigenvalue weighted by atomic mass is 10.2. The molecule has 0 N–H and O–H groups in total. The minimum Gasteiger partial charge on any atom is -0.463 e.